The van der Waals surface area contributed by atoms with E-state index in [4.69, 9.17) is 4.42 Å². The Morgan fingerprint density at radius 3 is 2.62 bits per heavy atom. The van der Waals surface area contributed by atoms with Crippen LogP contribution in [0.15, 0.2) is 34.7 Å². The highest BCUT2D eigenvalue weighted by atomic mass is 16.3. The van der Waals surface area contributed by atoms with Crippen LogP contribution in [0.5, 0.6) is 0 Å². The molecule has 3 heteroatoms. The largest absolute Gasteiger partial charge is 0.459 e. The first-order chi connectivity index (χ1) is 10.2. The predicted molar refractivity (Wildman–Crippen MR) is 85.4 cm³/mol. The Balaban J connectivity index is 1.47. The van der Waals surface area contributed by atoms with Crippen LogP contribution in [-0.2, 0) is 0 Å². The third-order valence-electron chi connectivity index (χ3n) is 5.46. The molecule has 0 spiro atoms. The topological polar surface area (TPSA) is 28.4 Å². The standard InChI is InChI=1S/C18H24N2O/c1-12(18-9-13-5-3-4-6-17(13)21-18)19-14-10-15-7-8-16(11-14)20(15)2/h3-6,9,12,14-16,19H,7-8,10-11H2,1-2H3. The van der Waals surface area contributed by atoms with Gasteiger partial charge in [-0.1, -0.05) is 18.2 Å². The Bertz CT molecular complexity index is 588. The molecule has 1 aromatic heterocycles. The first kappa shape index (κ1) is 13.4. The summed E-state index contributed by atoms with van der Waals surface area (Å²) >= 11 is 0. The van der Waals surface area contributed by atoms with Crippen molar-refractivity contribution >= 4 is 11.0 Å². The van der Waals surface area contributed by atoms with Crippen molar-refractivity contribution < 1.29 is 4.42 Å². The molecule has 0 amide bonds. The van der Waals surface area contributed by atoms with E-state index in [9.17, 15) is 0 Å². The summed E-state index contributed by atoms with van der Waals surface area (Å²) in [4.78, 5) is 2.59. The molecule has 112 valence electrons. The van der Waals surface area contributed by atoms with Gasteiger partial charge >= 0.3 is 0 Å². The maximum atomic E-state index is 5.99. The highest BCUT2D eigenvalue weighted by Crippen LogP contribution is 2.35. The Morgan fingerprint density at radius 1 is 1.19 bits per heavy atom. The summed E-state index contributed by atoms with van der Waals surface area (Å²) in [6, 6.07) is 12.9. The monoisotopic (exact) mass is 284 g/mol. The Kier molecular flexibility index (Phi) is 3.27. The molecule has 2 aliphatic rings. The van der Waals surface area contributed by atoms with Crippen molar-refractivity contribution in [2.75, 3.05) is 7.05 Å². The third-order valence-corrected chi connectivity index (χ3v) is 5.46. The van der Waals surface area contributed by atoms with Gasteiger partial charge in [-0.25, -0.2) is 0 Å². The van der Waals surface area contributed by atoms with Crippen molar-refractivity contribution in [3.63, 3.8) is 0 Å². The van der Waals surface area contributed by atoms with Gasteiger partial charge in [0.05, 0.1) is 6.04 Å². The smallest absolute Gasteiger partial charge is 0.134 e. The van der Waals surface area contributed by atoms with E-state index in [2.05, 4.69) is 42.4 Å². The molecule has 3 heterocycles. The molecule has 2 bridgehead atoms. The van der Waals surface area contributed by atoms with Gasteiger partial charge in [0.25, 0.3) is 0 Å². The van der Waals surface area contributed by atoms with Crippen LogP contribution in [0.4, 0.5) is 0 Å². The van der Waals surface area contributed by atoms with Gasteiger partial charge in [-0.3, -0.25) is 0 Å². The quantitative estimate of drug-likeness (QED) is 0.931. The maximum Gasteiger partial charge on any atom is 0.134 e. The molecule has 3 unspecified atom stereocenters. The summed E-state index contributed by atoms with van der Waals surface area (Å²) in [6.45, 7) is 2.22. The summed E-state index contributed by atoms with van der Waals surface area (Å²) in [5, 5.41) is 5.00. The summed E-state index contributed by atoms with van der Waals surface area (Å²) in [6.07, 6.45) is 5.30. The van der Waals surface area contributed by atoms with Crippen LogP contribution in [0.1, 0.15) is 44.4 Å². The van der Waals surface area contributed by atoms with Gasteiger partial charge in [-0.2, -0.15) is 0 Å². The molecule has 1 aromatic carbocycles. The van der Waals surface area contributed by atoms with E-state index in [1.165, 1.54) is 31.1 Å². The van der Waals surface area contributed by atoms with Gasteiger partial charge in [-0.05, 0) is 51.8 Å². The van der Waals surface area contributed by atoms with E-state index in [-0.39, 0.29) is 6.04 Å². The summed E-state index contributed by atoms with van der Waals surface area (Å²) in [7, 11) is 2.29. The third kappa shape index (κ3) is 2.39. The van der Waals surface area contributed by atoms with E-state index >= 15 is 0 Å². The van der Waals surface area contributed by atoms with E-state index in [1.54, 1.807) is 0 Å². The van der Waals surface area contributed by atoms with Crippen molar-refractivity contribution in [3.8, 4) is 0 Å². The van der Waals surface area contributed by atoms with Gasteiger partial charge in [0.15, 0.2) is 0 Å². The van der Waals surface area contributed by atoms with Crippen LogP contribution in [0.2, 0.25) is 0 Å². The molecule has 2 aliphatic heterocycles. The first-order valence-electron chi connectivity index (χ1n) is 8.17. The molecule has 0 aliphatic carbocycles. The van der Waals surface area contributed by atoms with Crippen LogP contribution >= 0.6 is 0 Å². The van der Waals surface area contributed by atoms with Crippen LogP contribution in [0.3, 0.4) is 0 Å². The van der Waals surface area contributed by atoms with Gasteiger partial charge in [-0.15, -0.1) is 0 Å². The first-order valence-corrected chi connectivity index (χ1v) is 8.17. The molecule has 2 saturated heterocycles. The number of rotatable bonds is 3. The van der Waals surface area contributed by atoms with Crippen LogP contribution in [0, 0.1) is 0 Å². The fourth-order valence-electron chi connectivity index (χ4n) is 4.20. The number of benzene rings is 1. The lowest BCUT2D eigenvalue weighted by Gasteiger charge is -2.37. The minimum atomic E-state index is 0.283. The number of fused-ring (bicyclic) bond motifs is 3. The van der Waals surface area contributed by atoms with Crippen molar-refractivity contribution in [3.05, 3.63) is 36.1 Å². The Morgan fingerprint density at radius 2 is 1.90 bits per heavy atom. The number of hydrogen-bond acceptors (Lipinski definition) is 3. The molecule has 2 aromatic rings. The lowest BCUT2D eigenvalue weighted by Crippen LogP contribution is -2.47. The van der Waals surface area contributed by atoms with Crippen LogP contribution < -0.4 is 5.32 Å². The second-order valence-corrected chi connectivity index (χ2v) is 6.79. The summed E-state index contributed by atoms with van der Waals surface area (Å²) < 4.78 is 5.99. The number of para-hydroxylation sites is 1. The fourth-order valence-corrected chi connectivity index (χ4v) is 4.20. The average Bonchev–Trinajstić information content (AvgIpc) is 2.98. The summed E-state index contributed by atoms with van der Waals surface area (Å²) in [5.74, 6) is 1.06. The highest BCUT2D eigenvalue weighted by Gasteiger charge is 2.38. The Labute approximate surface area is 126 Å². The van der Waals surface area contributed by atoms with Crippen LogP contribution in [0.25, 0.3) is 11.0 Å². The van der Waals surface area contributed by atoms with Crippen molar-refractivity contribution in [2.45, 2.75) is 56.8 Å². The number of piperidine rings is 1. The molecule has 21 heavy (non-hydrogen) atoms. The maximum absolute atomic E-state index is 5.99. The molecule has 0 saturated carbocycles. The molecule has 1 N–H and O–H groups in total. The molecule has 3 atom stereocenters. The number of hydrogen-bond donors (Lipinski definition) is 1. The van der Waals surface area contributed by atoms with Crippen molar-refractivity contribution in [1.82, 2.24) is 10.2 Å². The lowest BCUT2D eigenvalue weighted by atomic mass is 9.97. The average molecular weight is 284 g/mol. The van der Waals surface area contributed by atoms with Crippen LogP contribution in [-0.4, -0.2) is 30.1 Å². The fraction of sp³-hybridized carbons (Fsp3) is 0.556. The lowest BCUT2D eigenvalue weighted by molar-refractivity contribution is 0.142. The van der Waals surface area contributed by atoms with Gasteiger partial charge in [0, 0.05) is 23.5 Å². The second-order valence-electron chi connectivity index (χ2n) is 6.79. The minimum Gasteiger partial charge on any atom is -0.459 e. The van der Waals surface area contributed by atoms with Crippen molar-refractivity contribution in [2.24, 2.45) is 0 Å². The van der Waals surface area contributed by atoms with Gasteiger partial charge < -0.3 is 14.6 Å². The highest BCUT2D eigenvalue weighted by molar-refractivity contribution is 5.77. The summed E-state index contributed by atoms with van der Waals surface area (Å²) in [5.41, 5.74) is 0.990. The predicted octanol–water partition coefficient (Wildman–Crippen LogP) is 3.71. The minimum absolute atomic E-state index is 0.283. The van der Waals surface area contributed by atoms with Gasteiger partial charge in [0.2, 0.25) is 0 Å². The Hall–Kier alpha value is -1.32. The zero-order valence-corrected chi connectivity index (χ0v) is 12.9. The zero-order valence-electron chi connectivity index (χ0n) is 12.9. The molecule has 3 nitrogen and oxygen atoms in total. The van der Waals surface area contributed by atoms with E-state index in [1.807, 2.05) is 12.1 Å². The number of furan rings is 1. The number of nitrogens with one attached hydrogen (secondary N) is 1. The molecular weight excluding hydrogens is 260 g/mol. The zero-order chi connectivity index (χ0) is 14.4. The van der Waals surface area contributed by atoms with Crippen molar-refractivity contribution in [1.29, 1.82) is 0 Å². The molecule has 4 rings (SSSR count). The second kappa shape index (κ2) is 5.15. The SMILES string of the molecule is CC(NC1CC2CCC(C1)N2C)c1cc2ccccc2o1. The molecule has 0 radical (unpaired) electrons. The normalized spacial score (nSPS) is 30.9. The number of nitrogens with zero attached hydrogens (tertiary/aromatic N) is 1. The van der Waals surface area contributed by atoms with Gasteiger partial charge in [0.1, 0.15) is 11.3 Å². The van der Waals surface area contributed by atoms with E-state index in [0.29, 0.717) is 6.04 Å². The molecular formula is C18H24N2O. The van der Waals surface area contributed by atoms with E-state index < -0.39 is 0 Å². The van der Waals surface area contributed by atoms with E-state index in [0.717, 1.165) is 23.4 Å². The molecule has 2 fully saturated rings.